The van der Waals surface area contributed by atoms with Crippen LogP contribution < -0.4 is 4.74 Å². The Kier molecular flexibility index (Phi) is 37.2. The number of allylic oxidation sites excluding steroid dienone is 3. The van der Waals surface area contributed by atoms with Gasteiger partial charge in [0.2, 0.25) is 0 Å². The molecular formula is C53H78O10. The summed E-state index contributed by atoms with van der Waals surface area (Å²) in [4.78, 5) is 23.9. The van der Waals surface area contributed by atoms with E-state index in [9.17, 15) is 4.79 Å². The highest BCUT2D eigenvalue weighted by atomic mass is 17.1. The van der Waals surface area contributed by atoms with Crippen LogP contribution in [0.4, 0.5) is 0 Å². The number of unbranched alkanes of at least 4 members (excludes halogenated alkanes) is 6. The molecule has 5 rings (SSSR count). The summed E-state index contributed by atoms with van der Waals surface area (Å²) in [5.41, 5.74) is 8.71. The fourth-order valence-electron chi connectivity index (χ4n) is 6.05. The van der Waals surface area contributed by atoms with Crippen LogP contribution in [-0.2, 0) is 37.2 Å². The second-order valence-corrected chi connectivity index (χ2v) is 13.6. The summed E-state index contributed by atoms with van der Waals surface area (Å²) in [5, 5.41) is 23.2. The van der Waals surface area contributed by atoms with Gasteiger partial charge in [0, 0.05) is 6.42 Å². The van der Waals surface area contributed by atoms with Gasteiger partial charge in [0.1, 0.15) is 11.5 Å². The molecule has 0 amide bonds. The van der Waals surface area contributed by atoms with Crippen molar-refractivity contribution in [2.24, 2.45) is 0 Å². The molecule has 4 aromatic carbocycles. The minimum Gasteiger partial charge on any atom is -0.497 e. The number of ether oxygens (including phenoxy) is 3. The third-order valence-electron chi connectivity index (χ3n) is 9.29. The Balaban J connectivity index is 0.00000209. The summed E-state index contributed by atoms with van der Waals surface area (Å²) in [6.45, 7) is 16.2. The molecule has 10 nitrogen and oxygen atoms in total. The van der Waals surface area contributed by atoms with Crippen molar-refractivity contribution in [3.63, 3.8) is 0 Å². The van der Waals surface area contributed by atoms with Crippen LogP contribution in [0.25, 0.3) is 22.3 Å². The maximum atomic E-state index is 12.7. The number of esters is 1. The normalized spacial score (nSPS) is 10.9. The molecule has 0 atom stereocenters. The Labute approximate surface area is 379 Å². The summed E-state index contributed by atoms with van der Waals surface area (Å²) in [6.07, 6.45) is 15.2. The molecule has 0 spiro atoms. The van der Waals surface area contributed by atoms with Crippen LogP contribution in [0.15, 0.2) is 121 Å². The molecule has 0 aliphatic heterocycles. The molecule has 0 saturated carbocycles. The summed E-state index contributed by atoms with van der Waals surface area (Å²) >= 11 is 0. The van der Waals surface area contributed by atoms with Gasteiger partial charge in [0.05, 0.1) is 46.2 Å². The van der Waals surface area contributed by atoms with E-state index in [4.69, 9.17) is 30.0 Å². The maximum Gasteiger partial charge on any atom is 0.343 e. The predicted molar refractivity (Wildman–Crippen MR) is 258 cm³/mol. The Hall–Kier alpha value is -4.65. The predicted octanol–water partition coefficient (Wildman–Crippen LogP) is 14.8. The van der Waals surface area contributed by atoms with Crippen molar-refractivity contribution < 1.29 is 49.4 Å². The van der Waals surface area contributed by atoms with E-state index in [0.717, 1.165) is 61.0 Å². The molecule has 0 bridgehead atoms. The van der Waals surface area contributed by atoms with Gasteiger partial charge in [-0.25, -0.2) is 19.5 Å². The van der Waals surface area contributed by atoms with E-state index >= 15 is 0 Å². The van der Waals surface area contributed by atoms with Gasteiger partial charge in [-0.05, 0) is 95.8 Å². The molecule has 0 radical (unpaired) electrons. The topological polar surface area (TPSA) is 133 Å². The molecule has 4 aromatic rings. The number of hydrogen-bond donors (Lipinski definition) is 3. The van der Waals surface area contributed by atoms with E-state index in [-0.39, 0.29) is 5.97 Å². The molecule has 63 heavy (non-hydrogen) atoms. The van der Waals surface area contributed by atoms with Gasteiger partial charge in [-0.3, -0.25) is 15.8 Å². The highest BCUT2D eigenvalue weighted by Gasteiger charge is 2.15. The van der Waals surface area contributed by atoms with E-state index in [1.165, 1.54) is 55.1 Å². The van der Waals surface area contributed by atoms with Crippen molar-refractivity contribution in [1.82, 2.24) is 0 Å². The van der Waals surface area contributed by atoms with Crippen LogP contribution in [-0.4, -0.2) is 55.8 Å². The number of aryl methyl sites for hydroxylation is 1. The van der Waals surface area contributed by atoms with Crippen LogP contribution in [0.1, 0.15) is 134 Å². The lowest BCUT2D eigenvalue weighted by Crippen LogP contribution is -2.05. The highest BCUT2D eigenvalue weighted by molar-refractivity contribution is 5.90. The average molecular weight is 875 g/mol. The van der Waals surface area contributed by atoms with Crippen LogP contribution >= 0.6 is 0 Å². The average Bonchev–Trinajstić information content (AvgIpc) is 3.80. The van der Waals surface area contributed by atoms with Crippen molar-refractivity contribution in [3.8, 4) is 28.0 Å². The van der Waals surface area contributed by atoms with Crippen molar-refractivity contribution in [2.75, 3.05) is 34.0 Å². The minimum absolute atomic E-state index is 0.350. The highest BCUT2D eigenvalue weighted by Crippen LogP contribution is 2.26. The fraction of sp³-hybridized carbons (Fsp3) is 0.453. The quantitative estimate of drug-likeness (QED) is 0.0303. The minimum atomic E-state index is -0.350. The number of rotatable bonds is 22. The third-order valence-corrected chi connectivity index (χ3v) is 9.29. The summed E-state index contributed by atoms with van der Waals surface area (Å²) in [6, 6.07) is 32.7. The Morgan fingerprint density at radius 1 is 0.540 bits per heavy atom. The van der Waals surface area contributed by atoms with Crippen molar-refractivity contribution in [3.05, 3.63) is 137 Å². The zero-order chi connectivity index (χ0) is 46.9. The zero-order valence-corrected chi connectivity index (χ0v) is 39.7. The van der Waals surface area contributed by atoms with Gasteiger partial charge < -0.3 is 14.2 Å². The lowest BCUT2D eigenvalue weighted by atomic mass is 10.00. The molecule has 0 saturated heterocycles. The molecule has 0 aromatic heterocycles. The van der Waals surface area contributed by atoms with E-state index in [0.29, 0.717) is 44.2 Å². The third kappa shape index (κ3) is 25.9. The zero-order valence-electron chi connectivity index (χ0n) is 39.7. The summed E-state index contributed by atoms with van der Waals surface area (Å²) in [5.74, 6) is 1.12. The van der Waals surface area contributed by atoms with E-state index in [1.807, 2.05) is 90.1 Å². The fourth-order valence-corrected chi connectivity index (χ4v) is 6.05. The van der Waals surface area contributed by atoms with Crippen LogP contribution in [0.2, 0.25) is 0 Å². The number of carbonyl (C=O) groups is 1. The SMILES string of the molecule is CC.CC.CC.CCCCCOO.COO.COc1ccc(-c2ccc(C(=O)OC3=CC=C(CCOCc4ccc(-c5ccc(CCCCCCCOO)cc5)cc4)C3)cc2)cc1. The number of methoxy groups -OCH3 is 1. The van der Waals surface area contributed by atoms with E-state index in [1.54, 1.807) is 19.2 Å². The maximum absolute atomic E-state index is 12.7. The largest absolute Gasteiger partial charge is 0.497 e. The second-order valence-electron chi connectivity index (χ2n) is 13.6. The van der Waals surface area contributed by atoms with Crippen molar-refractivity contribution >= 4 is 5.97 Å². The van der Waals surface area contributed by atoms with E-state index in [2.05, 4.69) is 70.1 Å². The summed E-state index contributed by atoms with van der Waals surface area (Å²) < 4.78 is 16.9. The Bertz CT molecular complexity index is 1710. The number of benzene rings is 4. The Morgan fingerprint density at radius 2 is 1.00 bits per heavy atom. The first-order chi connectivity index (χ1) is 30.9. The molecule has 350 valence electrons. The standard InChI is InChI=1S/C41H44O6.C5H12O2.3C2H6.CH4O2/c1-44-39-24-21-37(22-25-39)36-17-19-38(20-18-36)41(42)47-40-23-12-32(29-40)26-28-45-30-33-10-15-35(16-11-33)34-13-8-31(9-14-34)7-5-3-2-4-6-27-46-43;1-2-3-4-5-7-6;3*1-2;1-3-2/h8-25,43H,2-7,26-30H2,1H3;6H,2-5H2,1H3;3*1-2H3;2H,1H3. The van der Waals surface area contributed by atoms with Gasteiger partial charge in [0.25, 0.3) is 0 Å². The first-order valence-electron chi connectivity index (χ1n) is 22.8. The monoisotopic (exact) mass is 875 g/mol. The van der Waals surface area contributed by atoms with Crippen LogP contribution in [0, 0.1) is 0 Å². The first-order valence-corrected chi connectivity index (χ1v) is 22.8. The number of carbonyl (C=O) groups excluding carboxylic acids is 1. The number of hydrogen-bond acceptors (Lipinski definition) is 10. The molecule has 3 N–H and O–H groups in total. The van der Waals surface area contributed by atoms with Gasteiger partial charge in [-0.1, -0.05) is 165 Å². The molecule has 0 heterocycles. The lowest BCUT2D eigenvalue weighted by Gasteiger charge is -2.09. The van der Waals surface area contributed by atoms with Gasteiger partial charge >= 0.3 is 5.97 Å². The molecular weight excluding hydrogens is 797 g/mol. The molecule has 1 aliphatic carbocycles. The smallest absolute Gasteiger partial charge is 0.343 e. The second kappa shape index (κ2) is 40.1. The van der Waals surface area contributed by atoms with Crippen molar-refractivity contribution in [2.45, 2.75) is 126 Å². The van der Waals surface area contributed by atoms with E-state index < -0.39 is 0 Å². The van der Waals surface area contributed by atoms with Crippen LogP contribution in [0.5, 0.6) is 5.75 Å². The first kappa shape index (κ1) is 58.4. The molecule has 10 heteroatoms. The van der Waals surface area contributed by atoms with Gasteiger partial charge in [-0.2, -0.15) is 0 Å². The van der Waals surface area contributed by atoms with Crippen molar-refractivity contribution in [1.29, 1.82) is 0 Å². The summed E-state index contributed by atoms with van der Waals surface area (Å²) in [7, 11) is 2.83. The molecule has 0 fully saturated rings. The molecule has 1 aliphatic rings. The van der Waals surface area contributed by atoms with Gasteiger partial charge in [0.15, 0.2) is 0 Å². The van der Waals surface area contributed by atoms with Gasteiger partial charge in [-0.15, -0.1) is 0 Å². The lowest BCUT2D eigenvalue weighted by molar-refractivity contribution is -0.242. The van der Waals surface area contributed by atoms with Crippen LogP contribution in [0.3, 0.4) is 0 Å². The molecule has 0 unspecified atom stereocenters. The Morgan fingerprint density at radius 3 is 1.51 bits per heavy atom.